The van der Waals surface area contributed by atoms with Gasteiger partial charge in [0.1, 0.15) is 10.4 Å². The molecule has 2 aromatic rings. The van der Waals surface area contributed by atoms with Gasteiger partial charge in [0, 0.05) is 11.3 Å². The smallest absolute Gasteiger partial charge is 0.114 e. The molecule has 2 heterocycles. The molecule has 0 spiro atoms. The summed E-state index contributed by atoms with van der Waals surface area (Å²) in [5.74, 6) is 1.17. The van der Waals surface area contributed by atoms with E-state index in [4.69, 9.17) is 0 Å². The summed E-state index contributed by atoms with van der Waals surface area (Å²) >= 11 is 5.43. The van der Waals surface area contributed by atoms with Crippen molar-refractivity contribution in [1.82, 2.24) is 9.55 Å². The molecule has 0 aliphatic carbocycles. The number of rotatable bonds is 1. The third-order valence-electron chi connectivity index (χ3n) is 3.20. The molecule has 2 nitrogen and oxygen atoms in total. The Morgan fingerprint density at radius 3 is 2.94 bits per heavy atom. The SMILES string of the molecule is CSc1ccc2c(c1)CCc1nc(C)c(Br)n1-2. The van der Waals surface area contributed by atoms with Crippen molar-refractivity contribution in [2.75, 3.05) is 6.26 Å². The standard InChI is InChI=1S/C13H13BrN2S/c1-8-13(14)16-11-5-4-10(17-2)7-9(11)3-6-12(16)15-8/h4-5,7H,3,6H2,1-2H3. The van der Waals surface area contributed by atoms with Crippen molar-refractivity contribution < 1.29 is 0 Å². The number of hydrogen-bond donors (Lipinski definition) is 0. The van der Waals surface area contributed by atoms with Gasteiger partial charge in [-0.2, -0.15) is 0 Å². The van der Waals surface area contributed by atoms with E-state index >= 15 is 0 Å². The van der Waals surface area contributed by atoms with Gasteiger partial charge >= 0.3 is 0 Å². The first kappa shape index (κ1) is 11.4. The molecule has 0 N–H and O–H groups in total. The number of imidazole rings is 1. The van der Waals surface area contributed by atoms with E-state index in [1.807, 2.05) is 6.92 Å². The van der Waals surface area contributed by atoms with Crippen LogP contribution >= 0.6 is 27.7 Å². The summed E-state index contributed by atoms with van der Waals surface area (Å²) < 4.78 is 3.32. The van der Waals surface area contributed by atoms with Crippen molar-refractivity contribution in [2.24, 2.45) is 0 Å². The highest BCUT2D eigenvalue weighted by atomic mass is 79.9. The average molecular weight is 309 g/mol. The lowest BCUT2D eigenvalue weighted by molar-refractivity contribution is 0.768. The third-order valence-corrected chi connectivity index (χ3v) is 4.85. The van der Waals surface area contributed by atoms with Crippen LogP contribution in [0.25, 0.3) is 5.69 Å². The number of aromatic nitrogens is 2. The molecule has 0 fully saturated rings. The van der Waals surface area contributed by atoms with Crippen LogP contribution in [0.4, 0.5) is 0 Å². The maximum absolute atomic E-state index is 4.60. The zero-order chi connectivity index (χ0) is 12.0. The molecule has 1 aliphatic heterocycles. The molecule has 0 unspecified atom stereocenters. The number of halogens is 1. The second-order valence-electron chi connectivity index (χ2n) is 4.23. The minimum Gasteiger partial charge on any atom is -0.290 e. The summed E-state index contributed by atoms with van der Waals surface area (Å²) in [6, 6.07) is 6.68. The van der Waals surface area contributed by atoms with Crippen molar-refractivity contribution in [3.8, 4) is 5.69 Å². The molecule has 0 bridgehead atoms. The van der Waals surface area contributed by atoms with Gasteiger partial charge in [0.2, 0.25) is 0 Å². The highest BCUT2D eigenvalue weighted by Crippen LogP contribution is 2.32. The molecular weight excluding hydrogens is 296 g/mol. The van der Waals surface area contributed by atoms with Crippen molar-refractivity contribution in [3.05, 3.63) is 39.9 Å². The number of thioether (sulfide) groups is 1. The van der Waals surface area contributed by atoms with Crippen LogP contribution in [0.2, 0.25) is 0 Å². The zero-order valence-electron chi connectivity index (χ0n) is 9.83. The second-order valence-corrected chi connectivity index (χ2v) is 5.87. The fourth-order valence-corrected chi connectivity index (χ4v) is 3.28. The highest BCUT2D eigenvalue weighted by molar-refractivity contribution is 9.10. The lowest BCUT2D eigenvalue weighted by atomic mass is 10.0. The molecule has 0 amide bonds. The van der Waals surface area contributed by atoms with Crippen LogP contribution in [0.15, 0.2) is 27.7 Å². The molecule has 17 heavy (non-hydrogen) atoms. The van der Waals surface area contributed by atoms with Crippen LogP contribution in [0.5, 0.6) is 0 Å². The van der Waals surface area contributed by atoms with Gasteiger partial charge in [0.15, 0.2) is 0 Å². The fourth-order valence-electron chi connectivity index (χ4n) is 2.33. The Balaban J connectivity index is 2.22. The van der Waals surface area contributed by atoms with E-state index < -0.39 is 0 Å². The van der Waals surface area contributed by atoms with Gasteiger partial charge in [-0.05, 0) is 59.3 Å². The van der Waals surface area contributed by atoms with E-state index in [0.717, 1.165) is 23.1 Å². The Bertz CT molecular complexity index is 589. The van der Waals surface area contributed by atoms with Gasteiger partial charge in [0.25, 0.3) is 0 Å². The number of nitrogens with zero attached hydrogens (tertiary/aromatic N) is 2. The molecule has 88 valence electrons. The normalized spacial score (nSPS) is 13.4. The summed E-state index contributed by atoms with van der Waals surface area (Å²) in [5, 5.41) is 0. The summed E-state index contributed by atoms with van der Waals surface area (Å²) in [7, 11) is 0. The molecule has 0 saturated heterocycles. The lowest BCUT2D eigenvalue weighted by Gasteiger charge is -2.19. The molecule has 1 aromatic carbocycles. The van der Waals surface area contributed by atoms with Crippen LogP contribution in [-0.2, 0) is 12.8 Å². The zero-order valence-corrected chi connectivity index (χ0v) is 12.2. The van der Waals surface area contributed by atoms with Crippen molar-refractivity contribution in [2.45, 2.75) is 24.7 Å². The van der Waals surface area contributed by atoms with Crippen LogP contribution in [0, 0.1) is 6.92 Å². The minimum atomic E-state index is 1.03. The lowest BCUT2D eigenvalue weighted by Crippen LogP contribution is -2.12. The van der Waals surface area contributed by atoms with E-state index in [0.29, 0.717) is 0 Å². The minimum absolute atomic E-state index is 1.03. The first-order valence-electron chi connectivity index (χ1n) is 5.61. The van der Waals surface area contributed by atoms with Crippen LogP contribution in [0.1, 0.15) is 17.1 Å². The molecule has 4 heteroatoms. The number of benzene rings is 1. The molecule has 0 saturated carbocycles. The summed E-state index contributed by atoms with van der Waals surface area (Å²) in [5.41, 5.74) is 3.76. The molecule has 0 atom stereocenters. The fraction of sp³-hybridized carbons (Fsp3) is 0.308. The quantitative estimate of drug-likeness (QED) is 0.746. The van der Waals surface area contributed by atoms with E-state index in [-0.39, 0.29) is 0 Å². The van der Waals surface area contributed by atoms with Crippen molar-refractivity contribution in [1.29, 1.82) is 0 Å². The Morgan fingerprint density at radius 2 is 2.18 bits per heavy atom. The molecule has 0 radical (unpaired) electrons. The third kappa shape index (κ3) is 1.74. The summed E-state index contributed by atoms with van der Waals surface area (Å²) in [4.78, 5) is 5.94. The predicted molar refractivity (Wildman–Crippen MR) is 75.2 cm³/mol. The van der Waals surface area contributed by atoms with Crippen LogP contribution in [0.3, 0.4) is 0 Å². The predicted octanol–water partition coefficient (Wildman–Crippen LogP) is 3.76. The van der Waals surface area contributed by atoms with E-state index in [9.17, 15) is 0 Å². The highest BCUT2D eigenvalue weighted by Gasteiger charge is 2.20. The average Bonchev–Trinajstić information content (AvgIpc) is 2.65. The Kier molecular flexibility index (Phi) is 2.79. The summed E-state index contributed by atoms with van der Waals surface area (Å²) in [6.07, 6.45) is 4.23. The van der Waals surface area contributed by atoms with Gasteiger partial charge in [0.05, 0.1) is 11.4 Å². The van der Waals surface area contributed by atoms with Gasteiger partial charge in [-0.1, -0.05) is 0 Å². The monoisotopic (exact) mass is 308 g/mol. The Hall–Kier alpha value is -0.740. The van der Waals surface area contributed by atoms with Crippen molar-refractivity contribution >= 4 is 27.7 Å². The van der Waals surface area contributed by atoms with Gasteiger partial charge in [-0.3, -0.25) is 4.57 Å². The number of aryl methyl sites for hydroxylation is 3. The van der Waals surface area contributed by atoms with E-state index in [1.54, 1.807) is 11.8 Å². The maximum atomic E-state index is 4.60. The number of fused-ring (bicyclic) bond motifs is 3. The van der Waals surface area contributed by atoms with Crippen LogP contribution in [-0.4, -0.2) is 15.8 Å². The van der Waals surface area contributed by atoms with Crippen molar-refractivity contribution in [3.63, 3.8) is 0 Å². The van der Waals surface area contributed by atoms with E-state index in [1.165, 1.54) is 22.0 Å². The largest absolute Gasteiger partial charge is 0.290 e. The van der Waals surface area contributed by atoms with Gasteiger partial charge < -0.3 is 0 Å². The first-order valence-corrected chi connectivity index (χ1v) is 7.63. The molecule has 3 rings (SSSR count). The van der Waals surface area contributed by atoms with Crippen LogP contribution < -0.4 is 0 Å². The maximum Gasteiger partial charge on any atom is 0.114 e. The molecule has 1 aromatic heterocycles. The van der Waals surface area contributed by atoms with E-state index in [2.05, 4.69) is 49.9 Å². The van der Waals surface area contributed by atoms with Gasteiger partial charge in [-0.25, -0.2) is 4.98 Å². The Morgan fingerprint density at radius 1 is 1.35 bits per heavy atom. The number of hydrogen-bond acceptors (Lipinski definition) is 2. The first-order chi connectivity index (χ1) is 8.20. The molecule has 1 aliphatic rings. The topological polar surface area (TPSA) is 17.8 Å². The summed E-state index contributed by atoms with van der Waals surface area (Å²) in [6.45, 7) is 2.05. The molecular formula is C13H13BrN2S. The second kappa shape index (κ2) is 4.18. The Labute approximate surface area is 114 Å². The van der Waals surface area contributed by atoms with Gasteiger partial charge in [-0.15, -0.1) is 11.8 Å².